The summed E-state index contributed by atoms with van der Waals surface area (Å²) in [6.45, 7) is -1.43. The number of fused-ring (bicyclic) bond motifs is 2. The van der Waals surface area contributed by atoms with E-state index in [4.69, 9.17) is 27.5 Å². The smallest absolute Gasteiger partial charge is 0.348 e. The lowest BCUT2D eigenvalue weighted by Gasteiger charge is -2.30. The van der Waals surface area contributed by atoms with Gasteiger partial charge in [-0.2, -0.15) is 9.97 Å². The predicted octanol–water partition coefficient (Wildman–Crippen LogP) is 2.62. The van der Waals surface area contributed by atoms with Gasteiger partial charge in [-0.3, -0.25) is 4.57 Å². The molecule has 0 spiro atoms. The summed E-state index contributed by atoms with van der Waals surface area (Å²) in [5.74, 6) is -0.976. The van der Waals surface area contributed by atoms with E-state index in [9.17, 15) is 30.0 Å². The van der Waals surface area contributed by atoms with Crippen molar-refractivity contribution in [1.29, 1.82) is 0 Å². The summed E-state index contributed by atoms with van der Waals surface area (Å²) in [5.41, 5.74) is 0.503. The number of carboxylic acids is 2. The van der Waals surface area contributed by atoms with Crippen LogP contribution in [0.3, 0.4) is 0 Å². The number of rotatable bonds is 14. The van der Waals surface area contributed by atoms with Crippen LogP contribution < -0.4 is 5.32 Å². The first-order valence-corrected chi connectivity index (χ1v) is 14.3. The van der Waals surface area contributed by atoms with Crippen molar-refractivity contribution < 1.29 is 39.5 Å². The fraction of sp³-hybridized carbons (Fsp3) is 0.323. The number of carbonyl (C=O) groups is 2. The summed E-state index contributed by atoms with van der Waals surface area (Å²) >= 11 is 6.30. The molecule has 234 valence electrons. The largest absolute Gasteiger partial charge is 0.479 e. The van der Waals surface area contributed by atoms with Gasteiger partial charge in [0.1, 0.15) is 6.10 Å². The number of hydrogen-bond donors (Lipinski definition) is 5. The Kier molecular flexibility index (Phi) is 9.62. The monoisotopic (exact) mass is 635 g/mol. The molecule has 0 fully saturated rings. The number of halogens is 1. The molecule has 0 saturated heterocycles. The molecule has 2 heterocycles. The van der Waals surface area contributed by atoms with Gasteiger partial charge in [0.05, 0.1) is 25.6 Å². The number of terminal acetylenes is 1. The minimum atomic E-state index is -2.69. The molecule has 0 radical (unpaired) electrons. The van der Waals surface area contributed by atoms with Gasteiger partial charge in [0.2, 0.25) is 5.28 Å². The molecule has 14 heteroatoms. The van der Waals surface area contributed by atoms with Gasteiger partial charge in [-0.15, -0.1) is 6.42 Å². The molecule has 0 saturated carbocycles. The maximum absolute atomic E-state index is 12.2. The predicted molar refractivity (Wildman–Crippen MR) is 161 cm³/mol. The third kappa shape index (κ3) is 6.60. The van der Waals surface area contributed by atoms with Crippen LogP contribution in [-0.2, 0) is 31.9 Å². The number of aliphatic carboxylic acids is 2. The molecule has 4 atom stereocenters. The van der Waals surface area contributed by atoms with Crippen molar-refractivity contribution in [2.75, 3.05) is 18.5 Å². The van der Waals surface area contributed by atoms with E-state index >= 15 is 0 Å². The second kappa shape index (κ2) is 13.6. The van der Waals surface area contributed by atoms with E-state index in [0.717, 1.165) is 18.4 Å². The molecule has 0 amide bonds. The van der Waals surface area contributed by atoms with Crippen molar-refractivity contribution in [2.24, 2.45) is 0 Å². The van der Waals surface area contributed by atoms with E-state index in [-0.39, 0.29) is 17.0 Å². The summed E-state index contributed by atoms with van der Waals surface area (Å²) in [4.78, 5) is 37.4. The average Bonchev–Trinajstić information content (AvgIpc) is 3.64. The lowest BCUT2D eigenvalue weighted by atomic mass is 9.94. The molecular formula is C31H30ClN5O8. The molecule has 1 aliphatic carbocycles. The molecule has 4 aromatic rings. The van der Waals surface area contributed by atoms with E-state index < -0.39 is 55.6 Å². The number of hydrogen-bond acceptors (Lipinski definition) is 10. The van der Waals surface area contributed by atoms with Gasteiger partial charge in [0, 0.05) is 6.42 Å². The highest BCUT2D eigenvalue weighted by molar-refractivity contribution is 6.28. The molecule has 2 aromatic heterocycles. The molecule has 5 N–H and O–H groups in total. The van der Waals surface area contributed by atoms with Gasteiger partial charge in [0.25, 0.3) is 5.60 Å². The zero-order chi connectivity index (χ0) is 32.1. The molecule has 1 aliphatic rings. The van der Waals surface area contributed by atoms with Crippen LogP contribution in [-0.4, -0.2) is 82.9 Å². The van der Waals surface area contributed by atoms with Crippen molar-refractivity contribution >= 4 is 40.5 Å². The van der Waals surface area contributed by atoms with Gasteiger partial charge < -0.3 is 35.2 Å². The number of benzene rings is 2. The molecule has 13 nitrogen and oxygen atoms in total. The van der Waals surface area contributed by atoms with Gasteiger partial charge >= 0.3 is 11.9 Å². The van der Waals surface area contributed by atoms with Crippen LogP contribution in [0.1, 0.15) is 35.4 Å². The Labute approximate surface area is 262 Å². The second-order valence-corrected chi connectivity index (χ2v) is 10.8. The van der Waals surface area contributed by atoms with Crippen LogP contribution in [0.15, 0.2) is 60.9 Å². The highest BCUT2D eigenvalue weighted by Crippen LogP contribution is 2.35. The SMILES string of the molecule is C#C[C@@H](O)[C@@H](O[C@@H](CO)COC(Cc1ccccc1)(C(=O)O)C(=O)O)n1cnc2c(N[C@@H]3CCc4ccccc43)nc(Cl)nc21. The Bertz CT molecular complexity index is 1710. The number of anilines is 1. The molecule has 2 aromatic carbocycles. The lowest BCUT2D eigenvalue weighted by Crippen LogP contribution is -2.52. The van der Waals surface area contributed by atoms with Crippen LogP contribution in [0.25, 0.3) is 11.2 Å². The van der Waals surface area contributed by atoms with E-state index in [1.54, 1.807) is 30.3 Å². The average molecular weight is 636 g/mol. The highest BCUT2D eigenvalue weighted by Gasteiger charge is 2.49. The molecule has 0 aliphatic heterocycles. The molecule has 5 rings (SSSR count). The van der Waals surface area contributed by atoms with Gasteiger partial charge in [-0.05, 0) is 41.1 Å². The van der Waals surface area contributed by atoms with E-state index in [2.05, 4.69) is 32.3 Å². The number of nitrogens with zero attached hydrogens (tertiary/aromatic N) is 4. The van der Waals surface area contributed by atoms with Crippen molar-refractivity contribution in [3.63, 3.8) is 0 Å². The Balaban J connectivity index is 1.41. The normalized spacial score (nSPS) is 16.4. The zero-order valence-electron chi connectivity index (χ0n) is 23.8. The highest BCUT2D eigenvalue weighted by atomic mass is 35.5. The van der Waals surface area contributed by atoms with Gasteiger partial charge in [0.15, 0.2) is 29.3 Å². The molecule has 0 bridgehead atoms. The van der Waals surface area contributed by atoms with Gasteiger partial charge in [-0.25, -0.2) is 14.6 Å². The number of aromatic nitrogens is 4. The van der Waals surface area contributed by atoms with Crippen LogP contribution in [0.4, 0.5) is 5.82 Å². The van der Waals surface area contributed by atoms with E-state index in [1.165, 1.54) is 16.5 Å². The van der Waals surface area contributed by atoms with Crippen molar-refractivity contribution in [3.8, 4) is 12.3 Å². The summed E-state index contributed by atoms with van der Waals surface area (Å²) in [5, 5.41) is 43.9. The summed E-state index contributed by atoms with van der Waals surface area (Å²) in [7, 11) is 0. The van der Waals surface area contributed by atoms with Crippen LogP contribution >= 0.6 is 11.6 Å². The number of carboxylic acid groups (broad SMARTS) is 2. The summed E-state index contributed by atoms with van der Waals surface area (Å²) < 4.78 is 12.7. The maximum atomic E-state index is 12.2. The second-order valence-electron chi connectivity index (χ2n) is 10.5. The fourth-order valence-electron chi connectivity index (χ4n) is 5.29. The standard InChI is InChI=1S/C31H30ClN5O8/c1-2-23(39)27(45-20(15-38)16-44-31(28(40)41,29(42)43)14-18-8-4-3-5-9-18)37-17-33-24-25(35-30(32)36-26(24)37)34-22-13-12-19-10-6-7-11-21(19)22/h1,3-11,17,20,22-23,27,38-39H,12-16H2,(H,40,41)(H,42,43)(H,34,35,36)/t20-,22+,23+,27+/m0/s1. The Morgan fingerprint density at radius 3 is 2.53 bits per heavy atom. The summed E-state index contributed by atoms with van der Waals surface area (Å²) in [6, 6.07) is 16.1. The quantitative estimate of drug-likeness (QED) is 0.0775. The first kappa shape index (κ1) is 31.8. The third-order valence-electron chi connectivity index (χ3n) is 7.59. The van der Waals surface area contributed by atoms with E-state index in [0.29, 0.717) is 16.9 Å². The number of ether oxygens (including phenoxy) is 2. The van der Waals surface area contributed by atoms with Gasteiger partial charge in [-0.1, -0.05) is 60.5 Å². The number of aryl methyl sites for hydroxylation is 1. The Hall–Kier alpha value is -4.58. The Morgan fingerprint density at radius 1 is 1.13 bits per heavy atom. The van der Waals surface area contributed by atoms with Crippen molar-refractivity contribution in [2.45, 2.75) is 49.3 Å². The minimum Gasteiger partial charge on any atom is -0.479 e. The van der Waals surface area contributed by atoms with Crippen LogP contribution in [0.5, 0.6) is 0 Å². The summed E-state index contributed by atoms with van der Waals surface area (Å²) in [6.07, 6.45) is 3.65. The number of imidazole rings is 1. The third-order valence-corrected chi connectivity index (χ3v) is 7.76. The first-order chi connectivity index (χ1) is 21.7. The number of aliphatic hydroxyl groups excluding tert-OH is 2. The first-order valence-electron chi connectivity index (χ1n) is 14.0. The number of aliphatic hydroxyl groups is 2. The lowest BCUT2D eigenvalue weighted by molar-refractivity contribution is -0.195. The van der Waals surface area contributed by atoms with E-state index in [1.807, 2.05) is 18.2 Å². The maximum Gasteiger partial charge on any atom is 0.348 e. The van der Waals surface area contributed by atoms with Crippen LogP contribution in [0.2, 0.25) is 5.28 Å². The minimum absolute atomic E-state index is 0.0561. The molecular weight excluding hydrogens is 606 g/mol. The molecule has 0 unspecified atom stereocenters. The van der Waals surface area contributed by atoms with Crippen molar-refractivity contribution in [1.82, 2.24) is 19.5 Å². The topological polar surface area (TPSA) is 189 Å². The fourth-order valence-corrected chi connectivity index (χ4v) is 5.46. The number of nitrogens with one attached hydrogen (secondary N) is 1. The Morgan fingerprint density at radius 2 is 1.84 bits per heavy atom. The zero-order valence-corrected chi connectivity index (χ0v) is 24.5. The van der Waals surface area contributed by atoms with Crippen molar-refractivity contribution in [3.05, 3.63) is 82.9 Å². The molecule has 45 heavy (non-hydrogen) atoms. The van der Waals surface area contributed by atoms with Crippen LogP contribution in [0, 0.1) is 12.3 Å².